The summed E-state index contributed by atoms with van der Waals surface area (Å²) in [5, 5.41) is 6.48. The summed E-state index contributed by atoms with van der Waals surface area (Å²) in [7, 11) is 0. The van der Waals surface area contributed by atoms with Gasteiger partial charge < -0.3 is 10.6 Å². The fraction of sp³-hybridized carbons (Fsp3) is 0.562. The number of hydrogen-bond acceptors (Lipinski definition) is 2. The first-order chi connectivity index (χ1) is 9.59. The number of rotatable bonds is 4. The molecule has 2 rings (SSSR count). The van der Waals surface area contributed by atoms with Crippen LogP contribution in [-0.2, 0) is 4.79 Å². The van der Waals surface area contributed by atoms with E-state index in [-0.39, 0.29) is 11.3 Å². The van der Waals surface area contributed by atoms with Crippen LogP contribution >= 0.6 is 15.9 Å². The molecule has 0 bridgehead atoms. The number of halogens is 1. The Morgan fingerprint density at radius 2 is 2.10 bits per heavy atom. The second-order valence-electron chi connectivity index (χ2n) is 5.67. The number of benzene rings is 1. The van der Waals surface area contributed by atoms with Crippen LogP contribution in [0.2, 0.25) is 0 Å². The molecule has 1 aromatic rings. The molecule has 1 fully saturated rings. The molecule has 1 amide bonds. The first-order valence-corrected chi connectivity index (χ1v) is 8.15. The molecule has 1 aliphatic heterocycles. The minimum atomic E-state index is -0.205. The molecule has 0 aromatic heterocycles. The Morgan fingerprint density at radius 1 is 1.40 bits per heavy atom. The molecule has 1 aliphatic rings. The van der Waals surface area contributed by atoms with Crippen LogP contribution in [-0.4, -0.2) is 19.0 Å². The third-order valence-electron chi connectivity index (χ3n) is 4.21. The SMILES string of the molecule is CCCC1(C(=O)Nc2cccc(C)c2Br)CCNCC1. The molecule has 0 saturated carbocycles. The van der Waals surface area contributed by atoms with Gasteiger partial charge in [0.25, 0.3) is 0 Å². The number of carbonyl (C=O) groups is 1. The maximum atomic E-state index is 12.8. The van der Waals surface area contributed by atoms with E-state index in [1.165, 1.54) is 0 Å². The first kappa shape index (κ1) is 15.5. The zero-order chi connectivity index (χ0) is 14.6. The third-order valence-corrected chi connectivity index (χ3v) is 5.26. The molecule has 2 N–H and O–H groups in total. The molecule has 110 valence electrons. The van der Waals surface area contributed by atoms with E-state index < -0.39 is 0 Å². The van der Waals surface area contributed by atoms with Crippen molar-refractivity contribution in [2.24, 2.45) is 5.41 Å². The standard InChI is InChI=1S/C16H23BrN2O/c1-3-7-16(8-10-18-11-9-16)15(20)19-13-6-4-5-12(2)14(13)17/h4-6,18H,3,7-11H2,1-2H3,(H,19,20). The van der Waals surface area contributed by atoms with Crippen molar-refractivity contribution in [2.75, 3.05) is 18.4 Å². The van der Waals surface area contributed by atoms with Gasteiger partial charge in [-0.15, -0.1) is 0 Å². The second-order valence-corrected chi connectivity index (χ2v) is 6.46. The van der Waals surface area contributed by atoms with E-state index in [4.69, 9.17) is 0 Å². The fourth-order valence-corrected chi connectivity index (χ4v) is 3.34. The van der Waals surface area contributed by atoms with Gasteiger partial charge in [-0.05, 0) is 66.8 Å². The van der Waals surface area contributed by atoms with Crippen LogP contribution in [0.4, 0.5) is 5.69 Å². The summed E-state index contributed by atoms with van der Waals surface area (Å²) in [6.45, 7) is 6.05. The lowest BCUT2D eigenvalue weighted by atomic mass is 9.74. The van der Waals surface area contributed by atoms with Gasteiger partial charge in [0.05, 0.1) is 11.1 Å². The van der Waals surface area contributed by atoms with Gasteiger partial charge in [-0.2, -0.15) is 0 Å². The smallest absolute Gasteiger partial charge is 0.230 e. The number of piperidine rings is 1. The monoisotopic (exact) mass is 338 g/mol. The maximum absolute atomic E-state index is 12.8. The first-order valence-electron chi connectivity index (χ1n) is 7.36. The van der Waals surface area contributed by atoms with E-state index >= 15 is 0 Å². The number of nitrogens with one attached hydrogen (secondary N) is 2. The Kier molecular flexibility index (Phi) is 5.22. The van der Waals surface area contributed by atoms with Gasteiger partial charge in [0.2, 0.25) is 5.91 Å². The van der Waals surface area contributed by atoms with Crippen LogP contribution in [0.25, 0.3) is 0 Å². The molecule has 1 aromatic carbocycles. The quantitative estimate of drug-likeness (QED) is 0.874. The van der Waals surface area contributed by atoms with Crippen molar-refractivity contribution in [3.63, 3.8) is 0 Å². The van der Waals surface area contributed by atoms with Crippen LogP contribution in [0.15, 0.2) is 22.7 Å². The minimum absolute atomic E-state index is 0.173. The Morgan fingerprint density at radius 3 is 2.75 bits per heavy atom. The summed E-state index contributed by atoms with van der Waals surface area (Å²) in [6, 6.07) is 5.96. The zero-order valence-corrected chi connectivity index (χ0v) is 13.8. The molecule has 4 heteroatoms. The van der Waals surface area contributed by atoms with E-state index in [0.717, 1.165) is 54.5 Å². The molecule has 0 atom stereocenters. The lowest BCUT2D eigenvalue weighted by Gasteiger charge is -2.36. The summed E-state index contributed by atoms with van der Waals surface area (Å²) >= 11 is 3.56. The number of hydrogen-bond donors (Lipinski definition) is 2. The summed E-state index contributed by atoms with van der Waals surface area (Å²) in [6.07, 6.45) is 3.86. The summed E-state index contributed by atoms with van der Waals surface area (Å²) < 4.78 is 0.980. The Bertz CT molecular complexity index is 476. The van der Waals surface area contributed by atoms with Gasteiger partial charge in [0, 0.05) is 4.47 Å². The van der Waals surface area contributed by atoms with Crippen molar-refractivity contribution in [1.82, 2.24) is 5.32 Å². The van der Waals surface area contributed by atoms with Crippen molar-refractivity contribution in [3.8, 4) is 0 Å². The predicted molar refractivity (Wildman–Crippen MR) is 87.0 cm³/mol. The van der Waals surface area contributed by atoms with E-state index in [2.05, 4.69) is 33.5 Å². The summed E-state index contributed by atoms with van der Waals surface area (Å²) in [5.41, 5.74) is 1.81. The van der Waals surface area contributed by atoms with Crippen molar-refractivity contribution in [3.05, 3.63) is 28.2 Å². The van der Waals surface area contributed by atoms with Crippen LogP contribution in [0, 0.1) is 12.3 Å². The van der Waals surface area contributed by atoms with Gasteiger partial charge in [-0.25, -0.2) is 0 Å². The van der Waals surface area contributed by atoms with E-state index in [9.17, 15) is 4.79 Å². The van der Waals surface area contributed by atoms with Crippen molar-refractivity contribution in [1.29, 1.82) is 0 Å². The van der Waals surface area contributed by atoms with Crippen LogP contribution in [0.5, 0.6) is 0 Å². The molecular weight excluding hydrogens is 316 g/mol. The molecule has 0 spiro atoms. The third kappa shape index (κ3) is 3.23. The largest absolute Gasteiger partial charge is 0.325 e. The molecule has 1 heterocycles. The Hall–Kier alpha value is -0.870. The normalized spacial score (nSPS) is 17.8. The number of aryl methyl sites for hydroxylation is 1. The highest BCUT2D eigenvalue weighted by Crippen LogP contribution is 2.36. The highest BCUT2D eigenvalue weighted by Gasteiger charge is 2.38. The van der Waals surface area contributed by atoms with Crippen molar-refractivity contribution >= 4 is 27.5 Å². The lowest BCUT2D eigenvalue weighted by Crippen LogP contribution is -2.44. The molecule has 1 saturated heterocycles. The zero-order valence-electron chi connectivity index (χ0n) is 12.3. The Balaban J connectivity index is 2.18. The molecule has 0 radical (unpaired) electrons. The lowest BCUT2D eigenvalue weighted by molar-refractivity contribution is -0.127. The van der Waals surface area contributed by atoms with Crippen LogP contribution < -0.4 is 10.6 Å². The summed E-state index contributed by atoms with van der Waals surface area (Å²) in [5.74, 6) is 0.173. The average molecular weight is 339 g/mol. The highest BCUT2D eigenvalue weighted by molar-refractivity contribution is 9.10. The topological polar surface area (TPSA) is 41.1 Å². The van der Waals surface area contributed by atoms with E-state index in [1.54, 1.807) is 0 Å². The van der Waals surface area contributed by atoms with Gasteiger partial charge >= 0.3 is 0 Å². The van der Waals surface area contributed by atoms with Gasteiger partial charge in [-0.3, -0.25) is 4.79 Å². The van der Waals surface area contributed by atoms with Crippen LogP contribution in [0.1, 0.15) is 38.2 Å². The molecule has 0 unspecified atom stereocenters. The van der Waals surface area contributed by atoms with E-state index in [0.29, 0.717) is 0 Å². The number of carbonyl (C=O) groups excluding carboxylic acids is 1. The second kappa shape index (κ2) is 6.72. The van der Waals surface area contributed by atoms with Gasteiger partial charge in [0.15, 0.2) is 0 Å². The minimum Gasteiger partial charge on any atom is -0.325 e. The van der Waals surface area contributed by atoms with Gasteiger partial charge in [-0.1, -0.05) is 25.5 Å². The maximum Gasteiger partial charge on any atom is 0.230 e. The Labute approximate surface area is 129 Å². The molecule has 20 heavy (non-hydrogen) atoms. The van der Waals surface area contributed by atoms with Crippen molar-refractivity contribution in [2.45, 2.75) is 39.5 Å². The number of amides is 1. The van der Waals surface area contributed by atoms with Gasteiger partial charge in [0.1, 0.15) is 0 Å². The van der Waals surface area contributed by atoms with E-state index in [1.807, 2.05) is 25.1 Å². The van der Waals surface area contributed by atoms with Crippen LogP contribution in [0.3, 0.4) is 0 Å². The average Bonchev–Trinajstić information content (AvgIpc) is 2.45. The highest BCUT2D eigenvalue weighted by atomic mass is 79.9. The molecular formula is C16H23BrN2O. The number of anilines is 1. The summed E-state index contributed by atoms with van der Waals surface area (Å²) in [4.78, 5) is 12.8. The van der Waals surface area contributed by atoms with Crippen molar-refractivity contribution < 1.29 is 4.79 Å². The molecule has 3 nitrogen and oxygen atoms in total. The fourth-order valence-electron chi connectivity index (χ4n) is 2.97. The predicted octanol–water partition coefficient (Wildman–Crippen LogP) is 3.87. The molecule has 0 aliphatic carbocycles.